The molecule has 2 amide bonds. The summed E-state index contributed by atoms with van der Waals surface area (Å²) in [6, 6.07) is 4.76. The van der Waals surface area contributed by atoms with Crippen molar-refractivity contribution in [3.05, 3.63) is 58.6 Å². The lowest BCUT2D eigenvalue weighted by Gasteiger charge is -2.49. The zero-order chi connectivity index (χ0) is 27.0. The second kappa shape index (κ2) is 10.3. The molecule has 2 atom stereocenters. The summed E-state index contributed by atoms with van der Waals surface area (Å²) in [6.45, 7) is 2.18. The number of aryl methyl sites for hydroxylation is 1. The minimum absolute atomic E-state index is 0.0733. The quantitative estimate of drug-likeness (QED) is 0.133. The van der Waals surface area contributed by atoms with E-state index in [2.05, 4.69) is 25.7 Å². The molecule has 0 saturated carbocycles. The second-order valence-electron chi connectivity index (χ2n) is 8.51. The second-order valence-corrected chi connectivity index (χ2v) is 10.5. The third-order valence-electron chi connectivity index (χ3n) is 5.93. The number of carbonyl (C=O) groups is 3. The normalized spacial score (nSPS) is 19.2. The molecule has 5 heterocycles. The highest BCUT2D eigenvalue weighted by atomic mass is 32.2. The topological polar surface area (TPSA) is 180 Å². The number of rotatable bonds is 8. The van der Waals surface area contributed by atoms with Crippen molar-refractivity contribution >= 4 is 51.7 Å². The van der Waals surface area contributed by atoms with E-state index in [1.54, 1.807) is 5.38 Å². The fraction of sp³-hybridized carbons (Fsp3) is 0.261. The molecule has 2 aliphatic heterocycles. The lowest BCUT2D eigenvalue weighted by molar-refractivity contribution is -0.688. The van der Waals surface area contributed by atoms with Gasteiger partial charge in [0.05, 0.1) is 11.3 Å². The number of thiazole rings is 1. The van der Waals surface area contributed by atoms with E-state index < -0.39 is 29.2 Å². The van der Waals surface area contributed by atoms with E-state index in [0.29, 0.717) is 11.3 Å². The molecule has 0 spiro atoms. The first-order valence-corrected chi connectivity index (χ1v) is 13.2. The maximum atomic E-state index is 13.1. The molecule has 1 fully saturated rings. The monoisotopic (exact) mass is 555 g/mol. The Morgan fingerprint density at radius 1 is 1.45 bits per heavy atom. The Hall–Kier alpha value is -4.24. The van der Waals surface area contributed by atoms with Gasteiger partial charge < -0.3 is 21.0 Å². The largest absolute Gasteiger partial charge is 0.477 e. The number of nitrogens with two attached hydrogens (primary N) is 1. The number of β-lactam (4-membered cyclic amide) rings is 1. The third-order valence-corrected chi connectivity index (χ3v) is 7.95. The van der Waals surface area contributed by atoms with Crippen LogP contribution in [-0.4, -0.2) is 73.0 Å². The van der Waals surface area contributed by atoms with Gasteiger partial charge in [0, 0.05) is 28.5 Å². The number of nitrogens with zero attached hydrogens (tertiary/aromatic N) is 5. The van der Waals surface area contributed by atoms with E-state index in [1.165, 1.54) is 23.8 Å². The highest BCUT2D eigenvalue weighted by molar-refractivity contribution is 8.00. The fourth-order valence-corrected chi connectivity index (χ4v) is 6.15. The van der Waals surface area contributed by atoms with Gasteiger partial charge in [0.2, 0.25) is 0 Å². The highest BCUT2D eigenvalue weighted by Gasteiger charge is 2.54. The number of H-pyrrole nitrogens is 1. The zero-order valence-corrected chi connectivity index (χ0v) is 21.9. The Labute approximate surface area is 224 Å². The van der Waals surface area contributed by atoms with E-state index in [0.717, 1.165) is 28.3 Å². The number of thioether (sulfide) groups is 1. The molecule has 2 aliphatic rings. The SMILES string of the molecule is CO/N=C(\C(=O)N[C@@H]1C(=O)N2C(C(=O)O)=C(C[n+]3cccc(-c4cc(C)[nH]n4)c3)CS[C@H]12)c1csc(N)n1. The van der Waals surface area contributed by atoms with Crippen LogP contribution < -0.4 is 15.6 Å². The van der Waals surface area contributed by atoms with Gasteiger partial charge in [-0.05, 0) is 19.1 Å². The van der Waals surface area contributed by atoms with E-state index in [-0.39, 0.29) is 28.8 Å². The molecule has 38 heavy (non-hydrogen) atoms. The molecule has 0 unspecified atom stereocenters. The number of pyridine rings is 1. The molecular formula is C23H23N8O5S2+. The number of carboxylic acid groups (broad SMARTS) is 1. The van der Waals surface area contributed by atoms with E-state index in [9.17, 15) is 19.5 Å². The number of amides is 2. The predicted octanol–water partition coefficient (Wildman–Crippen LogP) is 0.501. The standard InChI is InChI=1S/C23H22N8O5S2/c1-11-6-14(28-27-11)12-4-3-5-30(7-12)8-13-9-37-21-17(20(33)31(21)18(13)22(34)35)26-19(32)16(29-36-2)15-10-38-23(24)25-15/h3-7,10,17,21H,8-9H2,1-2H3,(H4-,24,25,26,27,28,32,34,35)/p+1/b29-16-/t17-,21-/m1/s1. The number of oxime groups is 1. The number of fused-ring (bicyclic) bond motifs is 1. The maximum Gasteiger partial charge on any atom is 0.352 e. The number of hydrogen-bond donors (Lipinski definition) is 4. The minimum atomic E-state index is -1.21. The molecule has 0 aromatic carbocycles. The average molecular weight is 556 g/mol. The fourth-order valence-electron chi connectivity index (χ4n) is 4.26. The number of aromatic amines is 1. The molecule has 5 N–H and O–H groups in total. The van der Waals surface area contributed by atoms with E-state index >= 15 is 0 Å². The van der Waals surface area contributed by atoms with Crippen LogP contribution in [0.1, 0.15) is 11.4 Å². The first-order valence-electron chi connectivity index (χ1n) is 11.3. The van der Waals surface area contributed by atoms with Gasteiger partial charge in [-0.3, -0.25) is 19.6 Å². The number of nitrogens with one attached hydrogen (secondary N) is 2. The molecule has 15 heteroatoms. The molecule has 5 rings (SSSR count). The van der Waals surface area contributed by atoms with Crippen molar-refractivity contribution in [3.63, 3.8) is 0 Å². The summed E-state index contributed by atoms with van der Waals surface area (Å²) in [5.74, 6) is -2.04. The summed E-state index contributed by atoms with van der Waals surface area (Å²) < 4.78 is 1.86. The van der Waals surface area contributed by atoms with Gasteiger partial charge in [0.15, 0.2) is 29.8 Å². The Morgan fingerprint density at radius 2 is 2.26 bits per heavy atom. The molecular weight excluding hydrogens is 532 g/mol. The van der Waals surface area contributed by atoms with Crippen LogP contribution in [-0.2, 0) is 25.8 Å². The lowest BCUT2D eigenvalue weighted by atomic mass is 10.0. The van der Waals surface area contributed by atoms with Crippen LogP contribution in [0, 0.1) is 6.92 Å². The maximum absolute atomic E-state index is 13.1. The number of aliphatic carboxylic acids is 1. The number of carboxylic acids is 1. The van der Waals surface area contributed by atoms with E-state index in [1.807, 2.05) is 42.1 Å². The van der Waals surface area contributed by atoms with Crippen LogP contribution >= 0.6 is 23.1 Å². The number of nitrogen functional groups attached to an aromatic ring is 1. The molecule has 3 aromatic heterocycles. The third kappa shape index (κ3) is 4.72. The zero-order valence-electron chi connectivity index (χ0n) is 20.2. The van der Waals surface area contributed by atoms with Crippen molar-refractivity contribution < 1.29 is 28.9 Å². The number of hydrogen-bond acceptors (Lipinski definition) is 10. The predicted molar refractivity (Wildman–Crippen MR) is 139 cm³/mol. The number of anilines is 1. The van der Waals surface area contributed by atoms with Gasteiger partial charge in [0.1, 0.15) is 29.9 Å². The summed E-state index contributed by atoms with van der Waals surface area (Å²) in [7, 11) is 1.28. The number of aromatic nitrogens is 4. The van der Waals surface area contributed by atoms with Gasteiger partial charge in [-0.2, -0.15) is 5.10 Å². The number of carbonyl (C=O) groups excluding carboxylic acids is 2. The van der Waals surface area contributed by atoms with Gasteiger partial charge >= 0.3 is 5.97 Å². The molecule has 0 aliphatic carbocycles. The summed E-state index contributed by atoms with van der Waals surface area (Å²) in [5.41, 5.74) is 8.82. The minimum Gasteiger partial charge on any atom is -0.477 e. The van der Waals surface area contributed by atoms with Crippen molar-refractivity contribution in [1.29, 1.82) is 0 Å². The summed E-state index contributed by atoms with van der Waals surface area (Å²) in [4.78, 5) is 48.3. The van der Waals surface area contributed by atoms with E-state index in [4.69, 9.17) is 10.6 Å². The summed E-state index contributed by atoms with van der Waals surface area (Å²) in [5, 5.41) is 24.8. The Morgan fingerprint density at radius 3 is 2.92 bits per heavy atom. The van der Waals surface area contributed by atoms with Crippen LogP contribution in [0.2, 0.25) is 0 Å². The molecule has 196 valence electrons. The van der Waals surface area contributed by atoms with Crippen LogP contribution in [0.3, 0.4) is 0 Å². The molecule has 1 saturated heterocycles. The smallest absolute Gasteiger partial charge is 0.352 e. The van der Waals surface area contributed by atoms with Crippen LogP contribution in [0.5, 0.6) is 0 Å². The van der Waals surface area contributed by atoms with Crippen molar-refractivity contribution in [2.75, 3.05) is 18.6 Å². The van der Waals surface area contributed by atoms with Crippen LogP contribution in [0.4, 0.5) is 5.13 Å². The molecule has 0 bridgehead atoms. The van der Waals surface area contributed by atoms with Gasteiger partial charge in [-0.1, -0.05) is 5.16 Å². The summed E-state index contributed by atoms with van der Waals surface area (Å²) in [6.07, 6.45) is 3.71. The molecule has 0 radical (unpaired) electrons. The lowest BCUT2D eigenvalue weighted by Crippen LogP contribution is -2.71. The van der Waals surface area contributed by atoms with Gasteiger partial charge in [-0.25, -0.2) is 14.3 Å². The van der Waals surface area contributed by atoms with Gasteiger partial charge in [-0.15, -0.1) is 23.1 Å². The average Bonchev–Trinajstić information content (AvgIpc) is 3.53. The first kappa shape index (κ1) is 25.4. The van der Waals surface area contributed by atoms with Gasteiger partial charge in [0.25, 0.3) is 11.8 Å². The summed E-state index contributed by atoms with van der Waals surface area (Å²) >= 11 is 2.51. The Balaban J connectivity index is 1.35. The highest BCUT2D eigenvalue weighted by Crippen LogP contribution is 2.40. The van der Waals surface area contributed by atoms with Crippen LogP contribution in [0.15, 0.2) is 52.4 Å². The Kier molecular flexibility index (Phi) is 6.86. The molecule has 3 aromatic rings. The van der Waals surface area contributed by atoms with Crippen LogP contribution in [0.25, 0.3) is 11.3 Å². The molecule has 13 nitrogen and oxygen atoms in total. The first-order chi connectivity index (χ1) is 18.3. The van der Waals surface area contributed by atoms with Crippen molar-refractivity contribution in [2.24, 2.45) is 5.16 Å². The van der Waals surface area contributed by atoms with Crippen molar-refractivity contribution in [3.8, 4) is 11.3 Å². The van der Waals surface area contributed by atoms with Crippen molar-refractivity contribution in [2.45, 2.75) is 24.9 Å². The van der Waals surface area contributed by atoms with Crippen molar-refractivity contribution in [1.82, 2.24) is 25.4 Å². The Bertz CT molecular complexity index is 1500.